The summed E-state index contributed by atoms with van der Waals surface area (Å²) >= 11 is 0. The van der Waals surface area contributed by atoms with Crippen LogP contribution in [0.25, 0.3) is 0 Å². The number of pyridine rings is 1. The van der Waals surface area contributed by atoms with Crippen molar-refractivity contribution in [1.82, 2.24) is 10.3 Å². The molecule has 0 aliphatic heterocycles. The van der Waals surface area contributed by atoms with Crippen molar-refractivity contribution in [2.24, 2.45) is 5.92 Å². The Bertz CT molecular complexity index is 665. The maximum absolute atomic E-state index is 12.6. The molecule has 1 heterocycles. The third-order valence-electron chi connectivity index (χ3n) is 4.27. The van der Waals surface area contributed by atoms with E-state index in [0.29, 0.717) is 11.5 Å². The van der Waals surface area contributed by atoms with Crippen LogP contribution in [0.4, 0.5) is 5.82 Å². The average molecular weight is 309 g/mol. The third kappa shape index (κ3) is 4.09. The van der Waals surface area contributed by atoms with Gasteiger partial charge < -0.3 is 10.2 Å². The van der Waals surface area contributed by atoms with Crippen molar-refractivity contribution in [1.29, 1.82) is 0 Å². The van der Waals surface area contributed by atoms with Crippen LogP contribution >= 0.6 is 0 Å². The molecule has 120 valence electrons. The minimum atomic E-state index is -0.0108. The minimum absolute atomic E-state index is 0.0108. The number of benzene rings is 1. The topological polar surface area (TPSA) is 45.2 Å². The van der Waals surface area contributed by atoms with E-state index in [9.17, 15) is 4.79 Å². The molecule has 1 aliphatic carbocycles. The molecule has 3 rings (SSSR count). The Kier molecular flexibility index (Phi) is 4.60. The van der Waals surface area contributed by atoms with Crippen LogP contribution in [0.15, 0.2) is 48.7 Å². The first kappa shape index (κ1) is 15.5. The number of rotatable bonds is 6. The molecule has 1 aromatic carbocycles. The molecule has 1 unspecified atom stereocenters. The lowest BCUT2D eigenvalue weighted by molar-refractivity contribution is 0.0932. The number of amides is 1. The van der Waals surface area contributed by atoms with Gasteiger partial charge in [-0.3, -0.25) is 4.79 Å². The van der Waals surface area contributed by atoms with Gasteiger partial charge in [0.1, 0.15) is 5.82 Å². The first-order valence-corrected chi connectivity index (χ1v) is 8.11. The van der Waals surface area contributed by atoms with E-state index in [1.807, 2.05) is 43.3 Å². The first-order chi connectivity index (χ1) is 11.1. The monoisotopic (exact) mass is 309 g/mol. The van der Waals surface area contributed by atoms with Gasteiger partial charge in [0.05, 0.1) is 0 Å². The molecule has 1 fully saturated rings. The summed E-state index contributed by atoms with van der Waals surface area (Å²) in [5, 5.41) is 3.22. The number of nitrogens with one attached hydrogen (secondary N) is 1. The number of carbonyl (C=O) groups excluding carboxylic acids is 1. The van der Waals surface area contributed by atoms with Crippen LogP contribution < -0.4 is 10.2 Å². The van der Waals surface area contributed by atoms with Crippen LogP contribution in [0.3, 0.4) is 0 Å². The zero-order chi connectivity index (χ0) is 16.2. The molecule has 1 atom stereocenters. The van der Waals surface area contributed by atoms with Crippen molar-refractivity contribution < 1.29 is 4.79 Å². The number of carbonyl (C=O) groups is 1. The van der Waals surface area contributed by atoms with Crippen molar-refractivity contribution in [2.45, 2.75) is 25.3 Å². The molecule has 1 saturated carbocycles. The lowest BCUT2D eigenvalue weighted by Crippen LogP contribution is -2.38. The molecule has 0 radical (unpaired) electrons. The Morgan fingerprint density at radius 1 is 1.26 bits per heavy atom. The second-order valence-electron chi connectivity index (χ2n) is 6.40. The van der Waals surface area contributed by atoms with Gasteiger partial charge in [-0.15, -0.1) is 0 Å². The van der Waals surface area contributed by atoms with Gasteiger partial charge >= 0.3 is 0 Å². The summed E-state index contributed by atoms with van der Waals surface area (Å²) in [5.41, 5.74) is 1.94. The Morgan fingerprint density at radius 2 is 2.00 bits per heavy atom. The van der Waals surface area contributed by atoms with Gasteiger partial charge in [-0.25, -0.2) is 4.98 Å². The molecule has 0 saturated heterocycles. The molecule has 4 nitrogen and oxygen atoms in total. The number of hydrogen-bond acceptors (Lipinski definition) is 3. The second-order valence-corrected chi connectivity index (χ2v) is 6.40. The fourth-order valence-corrected chi connectivity index (χ4v) is 2.76. The van der Waals surface area contributed by atoms with Crippen molar-refractivity contribution in [2.75, 3.05) is 19.0 Å². The fourth-order valence-electron chi connectivity index (χ4n) is 2.76. The van der Waals surface area contributed by atoms with Crippen molar-refractivity contribution in [3.05, 3.63) is 59.8 Å². The molecule has 1 aliphatic rings. The average Bonchev–Trinajstić information content (AvgIpc) is 3.40. The maximum Gasteiger partial charge on any atom is 0.251 e. The van der Waals surface area contributed by atoms with Crippen LogP contribution in [0.5, 0.6) is 0 Å². The molecule has 4 heteroatoms. The Labute approximate surface area is 137 Å². The summed E-state index contributed by atoms with van der Waals surface area (Å²) < 4.78 is 0. The van der Waals surface area contributed by atoms with E-state index in [1.165, 1.54) is 18.4 Å². The standard InChI is InChI=1S/C19H23N3O/c1-22(2)18-13-16(10-11-20-18)19(23)21-17(15-8-9-15)12-14-6-4-3-5-7-14/h3-7,10-11,13,15,17H,8-9,12H2,1-2H3,(H,21,23). The highest BCUT2D eigenvalue weighted by atomic mass is 16.1. The predicted octanol–water partition coefficient (Wildman–Crippen LogP) is 2.90. The number of aromatic nitrogens is 1. The van der Waals surface area contributed by atoms with Crippen molar-refractivity contribution in [3.63, 3.8) is 0 Å². The van der Waals surface area contributed by atoms with E-state index in [-0.39, 0.29) is 11.9 Å². The van der Waals surface area contributed by atoms with Gasteiger partial charge in [-0.2, -0.15) is 0 Å². The van der Waals surface area contributed by atoms with E-state index in [4.69, 9.17) is 0 Å². The zero-order valence-electron chi connectivity index (χ0n) is 13.7. The van der Waals surface area contributed by atoms with Gasteiger partial charge in [0, 0.05) is 31.9 Å². The molecule has 23 heavy (non-hydrogen) atoms. The quantitative estimate of drug-likeness (QED) is 0.892. The van der Waals surface area contributed by atoms with Crippen molar-refractivity contribution in [3.8, 4) is 0 Å². The molecule has 1 amide bonds. The Balaban J connectivity index is 1.70. The fraction of sp³-hybridized carbons (Fsp3) is 0.368. The highest BCUT2D eigenvalue weighted by molar-refractivity contribution is 5.95. The van der Waals surface area contributed by atoms with Crippen LogP contribution in [-0.4, -0.2) is 31.0 Å². The summed E-state index contributed by atoms with van der Waals surface area (Å²) in [5.74, 6) is 1.39. The number of nitrogens with zero attached hydrogens (tertiary/aromatic N) is 2. The molecule has 0 spiro atoms. The second kappa shape index (κ2) is 6.82. The van der Waals surface area contributed by atoms with Gasteiger partial charge in [0.2, 0.25) is 0 Å². The van der Waals surface area contributed by atoms with Crippen LogP contribution in [0.1, 0.15) is 28.8 Å². The van der Waals surface area contributed by atoms with Crippen LogP contribution in [0.2, 0.25) is 0 Å². The SMILES string of the molecule is CN(C)c1cc(C(=O)NC(Cc2ccccc2)C2CC2)ccn1. The number of anilines is 1. The Hall–Kier alpha value is -2.36. The molecule has 1 aromatic heterocycles. The van der Waals surface area contributed by atoms with Gasteiger partial charge in [0.15, 0.2) is 0 Å². The maximum atomic E-state index is 12.6. The van der Waals surface area contributed by atoms with Crippen LogP contribution in [-0.2, 0) is 6.42 Å². The molecular formula is C19H23N3O. The minimum Gasteiger partial charge on any atom is -0.363 e. The zero-order valence-corrected chi connectivity index (χ0v) is 13.7. The molecule has 0 bridgehead atoms. The molecule has 2 aromatic rings. The summed E-state index contributed by atoms with van der Waals surface area (Å²) in [6.45, 7) is 0. The van der Waals surface area contributed by atoms with Gasteiger partial charge in [0.25, 0.3) is 5.91 Å². The Morgan fingerprint density at radius 3 is 2.65 bits per heavy atom. The van der Waals surface area contributed by atoms with E-state index >= 15 is 0 Å². The summed E-state index contributed by atoms with van der Waals surface area (Å²) in [4.78, 5) is 18.8. The lowest BCUT2D eigenvalue weighted by atomic mass is 10.0. The third-order valence-corrected chi connectivity index (χ3v) is 4.27. The van der Waals surface area contributed by atoms with Crippen LogP contribution in [0, 0.1) is 5.92 Å². The smallest absolute Gasteiger partial charge is 0.251 e. The van der Waals surface area contributed by atoms with E-state index in [0.717, 1.165) is 12.2 Å². The first-order valence-electron chi connectivity index (χ1n) is 8.11. The normalized spacial score (nSPS) is 15.0. The van der Waals surface area contributed by atoms with E-state index in [2.05, 4.69) is 22.4 Å². The molecule has 1 N–H and O–H groups in total. The predicted molar refractivity (Wildman–Crippen MR) is 92.7 cm³/mol. The van der Waals surface area contributed by atoms with E-state index in [1.54, 1.807) is 12.3 Å². The molecular weight excluding hydrogens is 286 g/mol. The van der Waals surface area contributed by atoms with Gasteiger partial charge in [-0.05, 0) is 42.9 Å². The highest BCUT2D eigenvalue weighted by Crippen LogP contribution is 2.34. The summed E-state index contributed by atoms with van der Waals surface area (Å²) in [6, 6.07) is 14.2. The highest BCUT2D eigenvalue weighted by Gasteiger charge is 2.32. The van der Waals surface area contributed by atoms with E-state index < -0.39 is 0 Å². The van der Waals surface area contributed by atoms with Crippen molar-refractivity contribution >= 4 is 11.7 Å². The summed E-state index contributed by atoms with van der Waals surface area (Å²) in [6.07, 6.45) is 4.99. The number of hydrogen-bond donors (Lipinski definition) is 1. The lowest BCUT2D eigenvalue weighted by Gasteiger charge is -2.19. The van der Waals surface area contributed by atoms with Gasteiger partial charge in [-0.1, -0.05) is 30.3 Å². The summed E-state index contributed by atoms with van der Waals surface area (Å²) in [7, 11) is 3.85. The largest absolute Gasteiger partial charge is 0.363 e.